The molecule has 0 aromatic heterocycles. The number of hydrogen-bond acceptors (Lipinski definition) is 3. The van der Waals surface area contributed by atoms with E-state index in [1.165, 1.54) is 14.7 Å². The highest BCUT2D eigenvalue weighted by Crippen LogP contribution is 2.28. The van der Waals surface area contributed by atoms with Crippen molar-refractivity contribution in [1.29, 1.82) is 0 Å². The lowest BCUT2D eigenvalue weighted by molar-refractivity contribution is -0.132. The van der Waals surface area contributed by atoms with Crippen molar-refractivity contribution in [3.63, 3.8) is 0 Å². The molecule has 0 atom stereocenters. The molecule has 1 aromatic carbocycles. The Balaban J connectivity index is 1.67. The molecule has 7 nitrogen and oxygen atoms in total. The van der Waals surface area contributed by atoms with Crippen LogP contribution in [0.4, 0.5) is 10.5 Å². The number of amides is 4. The highest BCUT2D eigenvalue weighted by molar-refractivity contribution is 6.31. The molecule has 0 spiro atoms. The van der Waals surface area contributed by atoms with E-state index in [0.717, 1.165) is 12.8 Å². The summed E-state index contributed by atoms with van der Waals surface area (Å²) in [6, 6.07) is 6.92. The van der Waals surface area contributed by atoms with Gasteiger partial charge in [0.1, 0.15) is 19.8 Å². The maximum Gasteiger partial charge on any atom is 0.320 e. The van der Waals surface area contributed by atoms with Gasteiger partial charge in [0.25, 0.3) is 0 Å². The molecule has 134 valence electrons. The highest BCUT2D eigenvalue weighted by Gasteiger charge is 2.38. The lowest BCUT2D eigenvalue weighted by Gasteiger charge is -2.27. The molecule has 2 fully saturated rings. The van der Waals surface area contributed by atoms with Crippen LogP contribution in [0.3, 0.4) is 0 Å². The van der Waals surface area contributed by atoms with E-state index in [9.17, 15) is 14.4 Å². The van der Waals surface area contributed by atoms with Crippen molar-refractivity contribution in [2.24, 2.45) is 0 Å². The third-order valence-electron chi connectivity index (χ3n) is 4.33. The summed E-state index contributed by atoms with van der Waals surface area (Å²) in [5.74, 6) is -0.382. The highest BCUT2D eigenvalue weighted by atomic mass is 35.5. The van der Waals surface area contributed by atoms with E-state index in [1.54, 1.807) is 43.3 Å². The van der Waals surface area contributed by atoms with Gasteiger partial charge in [-0.2, -0.15) is 0 Å². The standard InChI is InChI=1S/C17H21ClN4O3/c1-19(2)17(25)21(13-6-7-13)10-15(23)20-9-16(24)22(11-20)14-5-3-4-12(18)8-14/h3-5,8,13H,6-7,9-11H2,1-2H3. The minimum atomic E-state index is -0.222. The van der Waals surface area contributed by atoms with Gasteiger partial charge in [0.15, 0.2) is 0 Å². The molecule has 1 aromatic rings. The second-order valence-corrected chi connectivity index (χ2v) is 7.01. The largest absolute Gasteiger partial charge is 0.331 e. The number of anilines is 1. The van der Waals surface area contributed by atoms with Crippen LogP contribution in [0, 0.1) is 0 Å². The van der Waals surface area contributed by atoms with Crippen molar-refractivity contribution in [1.82, 2.24) is 14.7 Å². The monoisotopic (exact) mass is 364 g/mol. The molecule has 1 aliphatic carbocycles. The average molecular weight is 365 g/mol. The zero-order valence-electron chi connectivity index (χ0n) is 14.3. The lowest BCUT2D eigenvalue weighted by atomic mass is 10.3. The number of nitrogens with zero attached hydrogens (tertiary/aromatic N) is 4. The summed E-state index contributed by atoms with van der Waals surface area (Å²) in [6.07, 6.45) is 1.83. The molecule has 8 heteroatoms. The third-order valence-corrected chi connectivity index (χ3v) is 4.57. The van der Waals surface area contributed by atoms with E-state index in [1.807, 2.05) is 0 Å². The Bertz CT molecular complexity index is 705. The van der Waals surface area contributed by atoms with Crippen molar-refractivity contribution in [2.45, 2.75) is 18.9 Å². The van der Waals surface area contributed by atoms with E-state index < -0.39 is 0 Å². The first-order valence-electron chi connectivity index (χ1n) is 8.18. The third kappa shape index (κ3) is 3.87. The molecule has 0 unspecified atom stereocenters. The number of carbonyl (C=O) groups excluding carboxylic acids is 3. The molecule has 0 bridgehead atoms. The average Bonchev–Trinajstić information content (AvgIpc) is 3.33. The SMILES string of the molecule is CN(C)C(=O)N(CC(=O)N1CC(=O)N(c2cccc(Cl)c2)C1)C1CC1. The van der Waals surface area contributed by atoms with Crippen LogP contribution in [0.15, 0.2) is 24.3 Å². The molecule has 1 heterocycles. The van der Waals surface area contributed by atoms with Gasteiger partial charge in [-0.15, -0.1) is 0 Å². The van der Waals surface area contributed by atoms with Gasteiger partial charge in [-0.25, -0.2) is 4.79 Å². The van der Waals surface area contributed by atoms with E-state index in [0.29, 0.717) is 10.7 Å². The summed E-state index contributed by atoms with van der Waals surface area (Å²) >= 11 is 5.98. The van der Waals surface area contributed by atoms with Crippen molar-refractivity contribution in [3.8, 4) is 0 Å². The van der Waals surface area contributed by atoms with Gasteiger partial charge in [-0.1, -0.05) is 17.7 Å². The normalized spacial score (nSPS) is 17.0. The van der Waals surface area contributed by atoms with Gasteiger partial charge in [0.05, 0.1) is 0 Å². The van der Waals surface area contributed by atoms with Crippen LogP contribution in [-0.2, 0) is 9.59 Å². The van der Waals surface area contributed by atoms with Crippen molar-refractivity contribution < 1.29 is 14.4 Å². The lowest BCUT2D eigenvalue weighted by Crippen LogP contribution is -2.47. The fourth-order valence-electron chi connectivity index (χ4n) is 2.83. The number of rotatable bonds is 4. The molecule has 1 saturated heterocycles. The minimum absolute atomic E-state index is 0.00164. The van der Waals surface area contributed by atoms with Crippen molar-refractivity contribution in [3.05, 3.63) is 29.3 Å². The van der Waals surface area contributed by atoms with Gasteiger partial charge >= 0.3 is 6.03 Å². The van der Waals surface area contributed by atoms with Gasteiger partial charge in [-0.3, -0.25) is 14.5 Å². The molecule has 0 radical (unpaired) electrons. The molecule has 25 heavy (non-hydrogen) atoms. The Morgan fingerprint density at radius 3 is 2.60 bits per heavy atom. The Hall–Kier alpha value is -2.28. The number of hydrogen-bond donors (Lipinski definition) is 0. The first kappa shape index (κ1) is 17.5. The first-order valence-corrected chi connectivity index (χ1v) is 8.56. The van der Waals surface area contributed by atoms with Crippen molar-refractivity contribution in [2.75, 3.05) is 38.8 Å². The van der Waals surface area contributed by atoms with E-state index >= 15 is 0 Å². The second kappa shape index (κ2) is 6.92. The van der Waals surface area contributed by atoms with E-state index in [2.05, 4.69) is 0 Å². The van der Waals surface area contributed by atoms with Gasteiger partial charge in [-0.05, 0) is 31.0 Å². The molecule has 1 aliphatic heterocycles. The van der Waals surface area contributed by atoms with Crippen LogP contribution in [0.5, 0.6) is 0 Å². The maximum atomic E-state index is 12.6. The maximum absolute atomic E-state index is 12.6. The van der Waals surface area contributed by atoms with Crippen LogP contribution in [0.2, 0.25) is 5.02 Å². The minimum Gasteiger partial charge on any atom is -0.331 e. The quantitative estimate of drug-likeness (QED) is 0.815. The second-order valence-electron chi connectivity index (χ2n) is 6.57. The summed E-state index contributed by atoms with van der Waals surface area (Å²) in [5.41, 5.74) is 0.663. The van der Waals surface area contributed by atoms with Crippen LogP contribution < -0.4 is 4.90 Å². The summed E-state index contributed by atoms with van der Waals surface area (Å²) in [7, 11) is 3.34. The molecule has 3 rings (SSSR count). The zero-order chi connectivity index (χ0) is 18.1. The smallest absolute Gasteiger partial charge is 0.320 e. The zero-order valence-corrected chi connectivity index (χ0v) is 15.1. The number of urea groups is 1. The number of benzene rings is 1. The molecule has 4 amide bonds. The summed E-state index contributed by atoms with van der Waals surface area (Å²) < 4.78 is 0. The number of halogens is 1. The van der Waals surface area contributed by atoms with Gasteiger partial charge < -0.3 is 14.7 Å². The molecule has 2 aliphatic rings. The molecule has 0 N–H and O–H groups in total. The predicted octanol–water partition coefficient (Wildman–Crippen LogP) is 1.62. The summed E-state index contributed by atoms with van der Waals surface area (Å²) in [6.45, 7) is 0.186. The molecule has 1 saturated carbocycles. The Kier molecular flexibility index (Phi) is 4.85. The van der Waals surface area contributed by atoms with Gasteiger partial charge in [0.2, 0.25) is 11.8 Å². The molecular weight excluding hydrogens is 344 g/mol. The summed E-state index contributed by atoms with van der Waals surface area (Å²) in [4.78, 5) is 43.2. The Morgan fingerprint density at radius 1 is 1.28 bits per heavy atom. The molecular formula is C17H21ClN4O3. The topological polar surface area (TPSA) is 64.2 Å². The van der Waals surface area contributed by atoms with Crippen LogP contribution in [-0.4, -0.2) is 72.4 Å². The van der Waals surface area contributed by atoms with Crippen LogP contribution in [0.25, 0.3) is 0 Å². The summed E-state index contributed by atoms with van der Waals surface area (Å²) in [5, 5.41) is 0.534. The Morgan fingerprint density at radius 2 is 2.00 bits per heavy atom. The predicted molar refractivity (Wildman–Crippen MR) is 94.3 cm³/mol. The Labute approximate surface area is 151 Å². The van der Waals surface area contributed by atoms with Crippen LogP contribution >= 0.6 is 11.6 Å². The van der Waals surface area contributed by atoms with Crippen LogP contribution in [0.1, 0.15) is 12.8 Å². The van der Waals surface area contributed by atoms with Gasteiger partial charge in [0, 0.05) is 30.8 Å². The van der Waals surface area contributed by atoms with Crippen molar-refractivity contribution >= 4 is 35.1 Å². The fraction of sp³-hybridized carbons (Fsp3) is 0.471. The van der Waals surface area contributed by atoms with E-state index in [-0.39, 0.29) is 43.6 Å². The number of carbonyl (C=O) groups is 3. The first-order chi connectivity index (χ1) is 11.9. The van der Waals surface area contributed by atoms with E-state index in [4.69, 9.17) is 11.6 Å². The fourth-order valence-corrected chi connectivity index (χ4v) is 3.01.